The summed E-state index contributed by atoms with van der Waals surface area (Å²) < 4.78 is 0. The van der Waals surface area contributed by atoms with Crippen molar-refractivity contribution in [1.29, 1.82) is 0 Å². The summed E-state index contributed by atoms with van der Waals surface area (Å²) in [5.74, 6) is -0.755. The maximum Gasteiger partial charge on any atom is 0.326 e. The van der Waals surface area contributed by atoms with Crippen LogP contribution in [0.5, 0.6) is 0 Å². The number of hydrogen-bond donors (Lipinski definition) is 1. The second-order valence-corrected chi connectivity index (χ2v) is 4.88. The quantitative estimate of drug-likeness (QED) is 0.794. The molecule has 1 rings (SSSR count). The van der Waals surface area contributed by atoms with Gasteiger partial charge in [0.1, 0.15) is 6.04 Å². The van der Waals surface area contributed by atoms with Gasteiger partial charge in [-0.3, -0.25) is 0 Å². The molecule has 3 nitrogen and oxygen atoms in total. The molecule has 18 heavy (non-hydrogen) atoms. The van der Waals surface area contributed by atoms with Crippen LogP contribution in [0.3, 0.4) is 0 Å². The highest BCUT2D eigenvalue weighted by molar-refractivity contribution is 6.30. The third-order valence-electron chi connectivity index (χ3n) is 3.10. The molecule has 0 aromatic carbocycles. The molecule has 0 saturated carbocycles. The van der Waals surface area contributed by atoms with Gasteiger partial charge in [-0.25, -0.2) is 4.79 Å². The molecule has 100 valence electrons. The number of nitrogens with zero attached hydrogens (tertiary/aromatic N) is 1. The van der Waals surface area contributed by atoms with E-state index in [9.17, 15) is 9.90 Å². The molecule has 0 spiro atoms. The molecule has 1 aliphatic heterocycles. The first-order chi connectivity index (χ1) is 8.56. The molecule has 0 amide bonds. The minimum Gasteiger partial charge on any atom is -0.480 e. The number of aliphatic carboxylic acids is 1. The summed E-state index contributed by atoms with van der Waals surface area (Å²) in [4.78, 5) is 13.3. The summed E-state index contributed by atoms with van der Waals surface area (Å²) in [5, 5.41) is 9.76. The fourth-order valence-corrected chi connectivity index (χ4v) is 2.27. The molecule has 1 fully saturated rings. The molecule has 1 unspecified atom stereocenters. The topological polar surface area (TPSA) is 40.5 Å². The maximum absolute atomic E-state index is 11.3. The number of allylic oxidation sites excluding steroid dienone is 4. The van der Waals surface area contributed by atoms with Gasteiger partial charge in [-0.1, -0.05) is 37.1 Å². The summed E-state index contributed by atoms with van der Waals surface area (Å²) >= 11 is 5.71. The van der Waals surface area contributed by atoms with Gasteiger partial charge in [0.25, 0.3) is 0 Å². The number of carboxylic acid groups (broad SMARTS) is 1. The monoisotopic (exact) mass is 269 g/mol. The van der Waals surface area contributed by atoms with Crippen LogP contribution < -0.4 is 0 Å². The van der Waals surface area contributed by atoms with Gasteiger partial charge in [-0.05, 0) is 31.9 Å². The number of likely N-dealkylation sites (tertiary alicyclic amines) is 1. The van der Waals surface area contributed by atoms with Gasteiger partial charge < -0.3 is 10.0 Å². The van der Waals surface area contributed by atoms with Crippen LogP contribution in [0.2, 0.25) is 0 Å². The van der Waals surface area contributed by atoms with Crippen LogP contribution in [0.15, 0.2) is 35.5 Å². The summed E-state index contributed by atoms with van der Waals surface area (Å²) in [6.45, 7) is 6.27. The Morgan fingerprint density at radius 2 is 2.11 bits per heavy atom. The molecule has 0 aromatic rings. The Hall–Kier alpha value is -1.22. The molecule has 1 N–H and O–H groups in total. The van der Waals surface area contributed by atoms with Crippen molar-refractivity contribution in [2.24, 2.45) is 0 Å². The smallest absolute Gasteiger partial charge is 0.326 e. The average Bonchev–Trinajstić information content (AvgIpc) is 2.55. The largest absolute Gasteiger partial charge is 0.480 e. The van der Waals surface area contributed by atoms with E-state index in [0.717, 1.165) is 31.5 Å². The highest BCUT2D eigenvalue weighted by atomic mass is 35.5. The predicted octanol–water partition coefficient (Wildman–Crippen LogP) is 3.53. The van der Waals surface area contributed by atoms with Crippen LogP contribution in [-0.4, -0.2) is 28.6 Å². The summed E-state index contributed by atoms with van der Waals surface area (Å²) in [6, 6.07) is -0.438. The third-order valence-corrected chi connectivity index (χ3v) is 3.23. The lowest BCUT2D eigenvalue weighted by atomic mass is 10.1. The fourth-order valence-electron chi connectivity index (χ4n) is 2.21. The highest BCUT2D eigenvalue weighted by Crippen LogP contribution is 2.22. The number of hydrogen-bond acceptors (Lipinski definition) is 2. The maximum atomic E-state index is 11.3. The molecule has 4 heteroatoms. The van der Waals surface area contributed by atoms with Crippen LogP contribution in [0.4, 0.5) is 0 Å². The van der Waals surface area contributed by atoms with Crippen molar-refractivity contribution in [3.8, 4) is 0 Å². The second kappa shape index (κ2) is 7.27. The molecule has 1 heterocycles. The van der Waals surface area contributed by atoms with Crippen LogP contribution in [-0.2, 0) is 4.79 Å². The Balaban J connectivity index is 2.92. The van der Waals surface area contributed by atoms with E-state index in [-0.39, 0.29) is 0 Å². The van der Waals surface area contributed by atoms with E-state index in [1.165, 1.54) is 0 Å². The van der Waals surface area contributed by atoms with Crippen molar-refractivity contribution in [3.63, 3.8) is 0 Å². The van der Waals surface area contributed by atoms with Crippen molar-refractivity contribution in [2.75, 3.05) is 6.54 Å². The SMILES string of the molecule is C=C(Cl)C=CC(=CC)N1CCCCCC1C(=O)O. The van der Waals surface area contributed by atoms with E-state index >= 15 is 0 Å². The highest BCUT2D eigenvalue weighted by Gasteiger charge is 2.27. The van der Waals surface area contributed by atoms with Crippen molar-refractivity contribution >= 4 is 17.6 Å². The molecular weight excluding hydrogens is 250 g/mol. The van der Waals surface area contributed by atoms with E-state index in [2.05, 4.69) is 6.58 Å². The van der Waals surface area contributed by atoms with E-state index in [1.54, 1.807) is 6.08 Å². The lowest BCUT2D eigenvalue weighted by Gasteiger charge is -2.30. The van der Waals surface area contributed by atoms with E-state index in [4.69, 9.17) is 11.6 Å². The van der Waals surface area contributed by atoms with Gasteiger partial charge >= 0.3 is 5.97 Å². The van der Waals surface area contributed by atoms with Gasteiger partial charge in [0.15, 0.2) is 0 Å². The fraction of sp³-hybridized carbons (Fsp3) is 0.500. The lowest BCUT2D eigenvalue weighted by Crippen LogP contribution is -2.39. The van der Waals surface area contributed by atoms with E-state index in [1.807, 2.05) is 24.0 Å². The number of carboxylic acids is 1. The molecule has 0 aromatic heterocycles. The molecule has 0 radical (unpaired) electrons. The first kappa shape index (κ1) is 14.8. The Kier molecular flexibility index (Phi) is 5.99. The van der Waals surface area contributed by atoms with Crippen molar-refractivity contribution in [2.45, 2.75) is 38.6 Å². The van der Waals surface area contributed by atoms with Crippen molar-refractivity contribution < 1.29 is 9.90 Å². The van der Waals surface area contributed by atoms with Gasteiger partial charge in [-0.2, -0.15) is 0 Å². The number of carbonyl (C=O) groups is 1. The normalized spacial score (nSPS) is 22.0. The van der Waals surface area contributed by atoms with E-state index < -0.39 is 12.0 Å². The predicted molar refractivity (Wildman–Crippen MR) is 74.5 cm³/mol. The van der Waals surface area contributed by atoms with Gasteiger partial charge in [0.2, 0.25) is 0 Å². The summed E-state index contributed by atoms with van der Waals surface area (Å²) in [5.41, 5.74) is 0.895. The first-order valence-electron chi connectivity index (χ1n) is 6.24. The minimum absolute atomic E-state index is 0.438. The molecule has 0 aliphatic carbocycles. The first-order valence-corrected chi connectivity index (χ1v) is 6.62. The van der Waals surface area contributed by atoms with Gasteiger partial charge in [0, 0.05) is 17.3 Å². The zero-order valence-corrected chi connectivity index (χ0v) is 11.5. The van der Waals surface area contributed by atoms with Gasteiger partial charge in [0.05, 0.1) is 0 Å². The Morgan fingerprint density at radius 1 is 1.39 bits per heavy atom. The standard InChI is InChI=1S/C14H20ClNO2/c1-3-12(9-8-11(2)15)16-10-6-4-5-7-13(16)14(17)18/h3,8-9,13H,2,4-7,10H2,1H3,(H,17,18). The Bertz CT molecular complexity index is 374. The molecular formula is C14H20ClNO2. The third kappa shape index (κ3) is 4.22. The molecule has 1 saturated heterocycles. The van der Waals surface area contributed by atoms with Crippen molar-refractivity contribution in [1.82, 2.24) is 4.90 Å². The van der Waals surface area contributed by atoms with Crippen LogP contribution in [0, 0.1) is 0 Å². The number of halogens is 1. The molecule has 0 bridgehead atoms. The minimum atomic E-state index is -0.755. The van der Waals surface area contributed by atoms with Gasteiger partial charge in [-0.15, -0.1) is 0 Å². The van der Waals surface area contributed by atoms with Crippen molar-refractivity contribution in [3.05, 3.63) is 35.5 Å². The zero-order chi connectivity index (χ0) is 13.5. The Morgan fingerprint density at radius 3 is 2.67 bits per heavy atom. The molecule has 1 atom stereocenters. The van der Waals surface area contributed by atoms with Crippen LogP contribution >= 0.6 is 11.6 Å². The molecule has 1 aliphatic rings. The van der Waals surface area contributed by atoms with Crippen LogP contribution in [0.25, 0.3) is 0 Å². The van der Waals surface area contributed by atoms with E-state index in [0.29, 0.717) is 11.5 Å². The van der Waals surface area contributed by atoms with Crippen LogP contribution in [0.1, 0.15) is 32.6 Å². The summed E-state index contributed by atoms with van der Waals surface area (Å²) in [6.07, 6.45) is 9.22. The average molecular weight is 270 g/mol. The Labute approximate surface area is 113 Å². The second-order valence-electron chi connectivity index (χ2n) is 4.39. The summed E-state index contributed by atoms with van der Waals surface area (Å²) in [7, 11) is 0. The lowest BCUT2D eigenvalue weighted by molar-refractivity contribution is -0.142. The zero-order valence-electron chi connectivity index (χ0n) is 10.7. The number of rotatable bonds is 4.